The zero-order chi connectivity index (χ0) is 13.1. The van der Waals surface area contributed by atoms with E-state index in [2.05, 4.69) is 42.0 Å². The van der Waals surface area contributed by atoms with E-state index < -0.39 is 0 Å². The van der Waals surface area contributed by atoms with Crippen molar-refractivity contribution in [3.8, 4) is 0 Å². The maximum Gasteiger partial charge on any atom is 0.261 e. The number of carbonyl (C=O) groups excluding carboxylic acids is 1. The van der Waals surface area contributed by atoms with Crippen molar-refractivity contribution in [1.29, 1.82) is 0 Å². The van der Waals surface area contributed by atoms with Crippen molar-refractivity contribution in [2.45, 2.75) is 38.9 Å². The number of hydrogen-bond donors (Lipinski definition) is 1. The highest BCUT2D eigenvalue weighted by Gasteiger charge is 2.18. The third-order valence-corrected chi connectivity index (χ3v) is 4.05. The van der Waals surface area contributed by atoms with Gasteiger partial charge in [-0.2, -0.15) is 0 Å². The summed E-state index contributed by atoms with van der Waals surface area (Å²) in [4.78, 5) is 13.0. The summed E-state index contributed by atoms with van der Waals surface area (Å²) in [5.41, 5.74) is 1.33. The van der Waals surface area contributed by atoms with Crippen molar-refractivity contribution in [1.82, 2.24) is 5.32 Å². The maximum atomic E-state index is 11.9. The van der Waals surface area contributed by atoms with E-state index in [0.29, 0.717) is 11.4 Å². The molecule has 1 heterocycles. The first-order chi connectivity index (χ1) is 7.79. The number of alkyl halides is 1. The Hall–Kier alpha value is -0.350. The highest BCUT2D eigenvalue weighted by molar-refractivity contribution is 9.09. The smallest absolute Gasteiger partial charge is 0.261 e. The van der Waals surface area contributed by atoms with Crippen molar-refractivity contribution in [3.63, 3.8) is 0 Å². The van der Waals surface area contributed by atoms with Gasteiger partial charge in [-0.1, -0.05) is 36.7 Å². The lowest BCUT2D eigenvalue weighted by Gasteiger charge is -2.22. The van der Waals surface area contributed by atoms with Crippen LogP contribution in [0.25, 0.3) is 0 Å². The van der Waals surface area contributed by atoms with E-state index in [9.17, 15) is 4.79 Å². The SMILES string of the molecule is Cc1ccsc1C(=O)NCC(Br)CC(C)(C)C. The van der Waals surface area contributed by atoms with Crippen molar-refractivity contribution >= 4 is 33.2 Å². The standard InChI is InChI=1S/C13H20BrNOS/c1-9-5-6-17-11(9)12(16)15-8-10(14)7-13(2,3)4/h5-6,10H,7-8H2,1-4H3,(H,15,16). The average Bonchev–Trinajstić information content (AvgIpc) is 2.58. The van der Waals surface area contributed by atoms with Crippen LogP contribution in [0.1, 0.15) is 42.4 Å². The molecule has 17 heavy (non-hydrogen) atoms. The quantitative estimate of drug-likeness (QED) is 0.836. The molecule has 1 atom stereocenters. The lowest BCUT2D eigenvalue weighted by Crippen LogP contribution is -2.31. The van der Waals surface area contributed by atoms with Crippen molar-refractivity contribution < 1.29 is 4.79 Å². The molecule has 0 bridgehead atoms. The van der Waals surface area contributed by atoms with Crippen LogP contribution in [-0.4, -0.2) is 17.3 Å². The highest BCUT2D eigenvalue weighted by atomic mass is 79.9. The van der Waals surface area contributed by atoms with Gasteiger partial charge in [-0.05, 0) is 35.8 Å². The predicted molar refractivity (Wildman–Crippen MR) is 78.2 cm³/mol. The van der Waals surface area contributed by atoms with Gasteiger partial charge in [0, 0.05) is 11.4 Å². The van der Waals surface area contributed by atoms with Crippen molar-refractivity contribution in [2.24, 2.45) is 5.41 Å². The van der Waals surface area contributed by atoms with Gasteiger partial charge >= 0.3 is 0 Å². The van der Waals surface area contributed by atoms with Gasteiger partial charge in [0.15, 0.2) is 0 Å². The van der Waals surface area contributed by atoms with E-state index in [0.717, 1.165) is 16.9 Å². The molecule has 96 valence electrons. The molecule has 1 unspecified atom stereocenters. The number of aryl methyl sites for hydroxylation is 1. The lowest BCUT2D eigenvalue weighted by molar-refractivity contribution is 0.0956. The summed E-state index contributed by atoms with van der Waals surface area (Å²) >= 11 is 5.11. The predicted octanol–water partition coefficient (Wildman–Crippen LogP) is 3.99. The molecule has 1 amide bonds. The molecule has 1 N–H and O–H groups in total. The van der Waals surface area contributed by atoms with Gasteiger partial charge in [0.2, 0.25) is 0 Å². The number of halogens is 1. The zero-order valence-electron chi connectivity index (χ0n) is 10.8. The van der Waals surface area contributed by atoms with Crippen LogP contribution in [0.3, 0.4) is 0 Å². The molecule has 0 radical (unpaired) electrons. The Bertz CT molecular complexity index is 381. The summed E-state index contributed by atoms with van der Waals surface area (Å²) < 4.78 is 0. The van der Waals surface area contributed by atoms with E-state index in [1.54, 1.807) is 0 Å². The first-order valence-electron chi connectivity index (χ1n) is 5.76. The van der Waals surface area contributed by atoms with Gasteiger partial charge in [-0.3, -0.25) is 4.79 Å². The molecule has 0 spiro atoms. The Morgan fingerprint density at radius 1 is 1.53 bits per heavy atom. The highest BCUT2D eigenvalue weighted by Crippen LogP contribution is 2.24. The molecule has 0 saturated carbocycles. The fraction of sp³-hybridized carbons (Fsp3) is 0.615. The number of amides is 1. The Kier molecular flexibility index (Phi) is 5.20. The van der Waals surface area contributed by atoms with E-state index >= 15 is 0 Å². The summed E-state index contributed by atoms with van der Waals surface area (Å²) in [5, 5.41) is 4.92. The van der Waals surface area contributed by atoms with E-state index in [4.69, 9.17) is 0 Å². The minimum atomic E-state index is 0.0378. The van der Waals surface area contributed by atoms with Gasteiger partial charge in [0.1, 0.15) is 0 Å². The third-order valence-electron chi connectivity index (χ3n) is 2.39. The fourth-order valence-electron chi connectivity index (χ4n) is 1.63. The van der Waals surface area contributed by atoms with Crippen LogP contribution in [0.2, 0.25) is 0 Å². The number of nitrogens with one attached hydrogen (secondary N) is 1. The molecule has 0 saturated heterocycles. The molecular weight excluding hydrogens is 298 g/mol. The summed E-state index contributed by atoms with van der Waals surface area (Å²) in [6, 6.07) is 1.97. The van der Waals surface area contributed by atoms with E-state index in [1.165, 1.54) is 11.3 Å². The molecular formula is C13H20BrNOS. The first kappa shape index (κ1) is 14.7. The maximum absolute atomic E-state index is 11.9. The Morgan fingerprint density at radius 2 is 2.18 bits per heavy atom. The lowest BCUT2D eigenvalue weighted by atomic mass is 9.90. The summed E-state index contributed by atoms with van der Waals surface area (Å²) in [7, 11) is 0. The minimum absolute atomic E-state index is 0.0378. The van der Waals surface area contributed by atoms with Crippen LogP contribution < -0.4 is 5.32 Å². The van der Waals surface area contributed by atoms with Gasteiger partial charge in [-0.15, -0.1) is 11.3 Å². The summed E-state index contributed by atoms with van der Waals surface area (Å²) in [5.74, 6) is 0.0378. The molecule has 1 rings (SSSR count). The number of thiophene rings is 1. The minimum Gasteiger partial charge on any atom is -0.350 e. The molecule has 0 aliphatic heterocycles. The molecule has 1 aromatic rings. The van der Waals surface area contributed by atoms with Crippen LogP contribution >= 0.6 is 27.3 Å². The Morgan fingerprint density at radius 3 is 2.65 bits per heavy atom. The van der Waals surface area contributed by atoms with Crippen LogP contribution in [-0.2, 0) is 0 Å². The molecule has 0 aromatic carbocycles. The second-order valence-electron chi connectivity index (χ2n) is 5.50. The largest absolute Gasteiger partial charge is 0.350 e. The normalized spacial score (nSPS) is 13.5. The first-order valence-corrected chi connectivity index (χ1v) is 7.55. The number of rotatable bonds is 4. The summed E-state index contributed by atoms with van der Waals surface area (Å²) in [6.07, 6.45) is 1.04. The van der Waals surface area contributed by atoms with Crippen LogP contribution in [0.5, 0.6) is 0 Å². The van der Waals surface area contributed by atoms with Gasteiger partial charge in [0.25, 0.3) is 5.91 Å². The molecule has 0 fully saturated rings. The topological polar surface area (TPSA) is 29.1 Å². The Balaban J connectivity index is 2.42. The molecule has 2 nitrogen and oxygen atoms in total. The number of carbonyl (C=O) groups is 1. The number of hydrogen-bond acceptors (Lipinski definition) is 2. The molecule has 0 aliphatic carbocycles. The second-order valence-corrected chi connectivity index (χ2v) is 7.72. The van der Waals surface area contributed by atoms with Crippen LogP contribution in [0.4, 0.5) is 0 Å². The summed E-state index contributed by atoms with van der Waals surface area (Å²) in [6.45, 7) is 9.24. The van der Waals surface area contributed by atoms with Crippen LogP contribution in [0.15, 0.2) is 11.4 Å². The van der Waals surface area contributed by atoms with Gasteiger partial charge in [-0.25, -0.2) is 0 Å². The van der Waals surface area contributed by atoms with Crippen molar-refractivity contribution in [3.05, 3.63) is 21.9 Å². The van der Waals surface area contributed by atoms with E-state index in [1.807, 2.05) is 18.4 Å². The third kappa shape index (κ3) is 5.21. The van der Waals surface area contributed by atoms with Crippen LogP contribution in [0, 0.1) is 12.3 Å². The van der Waals surface area contributed by atoms with Gasteiger partial charge < -0.3 is 5.32 Å². The average molecular weight is 318 g/mol. The second kappa shape index (κ2) is 6.01. The monoisotopic (exact) mass is 317 g/mol. The van der Waals surface area contributed by atoms with Crippen molar-refractivity contribution in [2.75, 3.05) is 6.54 Å². The fourth-order valence-corrected chi connectivity index (χ4v) is 3.60. The van der Waals surface area contributed by atoms with E-state index in [-0.39, 0.29) is 11.3 Å². The molecule has 4 heteroatoms. The molecule has 1 aromatic heterocycles. The van der Waals surface area contributed by atoms with Gasteiger partial charge in [0.05, 0.1) is 4.88 Å². The molecule has 0 aliphatic rings. The Labute approximate surface area is 116 Å². The zero-order valence-corrected chi connectivity index (χ0v) is 13.2.